The molecular weight excluding hydrogens is 208 g/mol. The molecule has 1 aromatic rings. The van der Waals surface area contributed by atoms with E-state index in [0.29, 0.717) is 12.3 Å². The molecule has 1 saturated heterocycles. The van der Waals surface area contributed by atoms with E-state index in [4.69, 9.17) is 0 Å². The lowest BCUT2D eigenvalue weighted by Crippen LogP contribution is -2.47. The Morgan fingerprint density at radius 2 is 2.47 bits per heavy atom. The van der Waals surface area contributed by atoms with Crippen molar-refractivity contribution in [3.8, 4) is 0 Å². The van der Waals surface area contributed by atoms with Gasteiger partial charge in [-0.2, -0.15) is 0 Å². The first-order valence-electron chi connectivity index (χ1n) is 5.31. The molecule has 3 nitrogen and oxygen atoms in total. The fourth-order valence-corrected chi connectivity index (χ4v) is 2.87. The van der Waals surface area contributed by atoms with E-state index in [-0.39, 0.29) is 11.4 Å². The zero-order valence-corrected chi connectivity index (χ0v) is 9.93. The van der Waals surface area contributed by atoms with Gasteiger partial charge in [0.05, 0.1) is 5.51 Å². The Morgan fingerprint density at radius 1 is 1.67 bits per heavy atom. The van der Waals surface area contributed by atoms with Gasteiger partial charge in [-0.3, -0.25) is 9.78 Å². The van der Waals surface area contributed by atoms with Crippen LogP contribution in [0.5, 0.6) is 0 Å². The summed E-state index contributed by atoms with van der Waals surface area (Å²) in [5.41, 5.74) is 1.81. The van der Waals surface area contributed by atoms with Crippen LogP contribution < -0.4 is 5.32 Å². The maximum absolute atomic E-state index is 11.4. The summed E-state index contributed by atoms with van der Waals surface area (Å²) < 4.78 is 0. The van der Waals surface area contributed by atoms with E-state index in [2.05, 4.69) is 24.1 Å². The van der Waals surface area contributed by atoms with Crippen molar-refractivity contribution < 1.29 is 4.79 Å². The maximum Gasteiger partial charge on any atom is 0.220 e. The van der Waals surface area contributed by atoms with Crippen molar-refractivity contribution in [2.45, 2.75) is 38.6 Å². The minimum absolute atomic E-state index is 0.0381. The third-order valence-electron chi connectivity index (χ3n) is 3.26. The Hall–Kier alpha value is -0.900. The van der Waals surface area contributed by atoms with Crippen LogP contribution >= 0.6 is 11.3 Å². The van der Waals surface area contributed by atoms with Gasteiger partial charge < -0.3 is 5.32 Å². The van der Waals surface area contributed by atoms with Crippen LogP contribution in [-0.4, -0.2) is 16.4 Å². The van der Waals surface area contributed by atoms with Crippen LogP contribution in [0.15, 0.2) is 11.7 Å². The fourth-order valence-electron chi connectivity index (χ4n) is 2.15. The van der Waals surface area contributed by atoms with Crippen LogP contribution in [0, 0.1) is 5.92 Å². The van der Waals surface area contributed by atoms with Gasteiger partial charge in [0.1, 0.15) is 0 Å². The predicted octanol–water partition coefficient (Wildman–Crippen LogP) is 1.99. The average molecular weight is 224 g/mol. The first-order valence-corrected chi connectivity index (χ1v) is 6.19. The number of nitrogens with one attached hydrogen (secondary N) is 1. The van der Waals surface area contributed by atoms with E-state index in [1.54, 1.807) is 11.3 Å². The van der Waals surface area contributed by atoms with Crippen molar-refractivity contribution in [1.82, 2.24) is 10.3 Å². The van der Waals surface area contributed by atoms with Crippen molar-refractivity contribution in [2.75, 3.05) is 0 Å². The summed E-state index contributed by atoms with van der Waals surface area (Å²) in [5.74, 6) is 0.652. The van der Waals surface area contributed by atoms with Gasteiger partial charge in [-0.05, 0) is 12.3 Å². The van der Waals surface area contributed by atoms with Crippen LogP contribution in [0.3, 0.4) is 0 Å². The quantitative estimate of drug-likeness (QED) is 0.853. The SMILES string of the molecule is CC(C)C1(Cc2cncs2)CCC(=O)N1. The molecule has 1 N–H and O–H groups in total. The molecule has 0 saturated carbocycles. The Balaban J connectivity index is 2.17. The van der Waals surface area contributed by atoms with Gasteiger partial charge in [0, 0.05) is 29.5 Å². The van der Waals surface area contributed by atoms with Crippen molar-refractivity contribution in [3.05, 3.63) is 16.6 Å². The number of carbonyl (C=O) groups is 1. The lowest BCUT2D eigenvalue weighted by atomic mass is 9.82. The van der Waals surface area contributed by atoms with Crippen LogP contribution in [0.25, 0.3) is 0 Å². The molecule has 1 amide bonds. The molecule has 0 bridgehead atoms. The first kappa shape index (κ1) is 10.6. The van der Waals surface area contributed by atoms with E-state index >= 15 is 0 Å². The Morgan fingerprint density at radius 3 is 2.93 bits per heavy atom. The summed E-state index contributed by atoms with van der Waals surface area (Å²) >= 11 is 1.66. The minimum Gasteiger partial charge on any atom is -0.350 e. The molecule has 0 aliphatic carbocycles. The lowest BCUT2D eigenvalue weighted by Gasteiger charge is -2.33. The number of rotatable bonds is 3. The molecule has 1 fully saturated rings. The monoisotopic (exact) mass is 224 g/mol. The summed E-state index contributed by atoms with van der Waals surface area (Å²) in [6.07, 6.45) is 4.43. The Kier molecular flexibility index (Phi) is 2.78. The van der Waals surface area contributed by atoms with Gasteiger partial charge in [0.2, 0.25) is 5.91 Å². The molecule has 4 heteroatoms. The van der Waals surface area contributed by atoms with Gasteiger partial charge in [-0.15, -0.1) is 11.3 Å². The molecule has 1 aliphatic rings. The number of nitrogens with zero attached hydrogens (tertiary/aromatic N) is 1. The average Bonchev–Trinajstić information content (AvgIpc) is 2.77. The Labute approximate surface area is 93.9 Å². The van der Waals surface area contributed by atoms with Crippen molar-refractivity contribution in [2.24, 2.45) is 5.92 Å². The van der Waals surface area contributed by atoms with Gasteiger partial charge >= 0.3 is 0 Å². The van der Waals surface area contributed by atoms with E-state index in [1.165, 1.54) is 4.88 Å². The summed E-state index contributed by atoms with van der Waals surface area (Å²) in [7, 11) is 0. The largest absolute Gasteiger partial charge is 0.350 e. The van der Waals surface area contributed by atoms with Gasteiger partial charge in [0.25, 0.3) is 0 Å². The molecule has 15 heavy (non-hydrogen) atoms. The third-order valence-corrected chi connectivity index (χ3v) is 4.04. The fraction of sp³-hybridized carbons (Fsp3) is 0.636. The zero-order valence-electron chi connectivity index (χ0n) is 9.12. The number of thiazole rings is 1. The van der Waals surface area contributed by atoms with E-state index in [0.717, 1.165) is 12.8 Å². The molecule has 1 aliphatic heterocycles. The summed E-state index contributed by atoms with van der Waals surface area (Å²) in [4.78, 5) is 16.7. The second-order valence-corrected chi connectivity index (χ2v) is 5.47. The van der Waals surface area contributed by atoms with Gasteiger partial charge in [0.15, 0.2) is 0 Å². The standard InChI is InChI=1S/C11H16N2OS/c1-8(2)11(4-3-10(14)13-11)5-9-6-12-7-15-9/h6-8H,3-5H2,1-2H3,(H,13,14). The molecule has 0 radical (unpaired) electrons. The number of hydrogen-bond acceptors (Lipinski definition) is 3. The number of carbonyl (C=O) groups excluding carboxylic acids is 1. The van der Waals surface area contributed by atoms with E-state index in [1.807, 2.05) is 11.7 Å². The second kappa shape index (κ2) is 3.93. The topological polar surface area (TPSA) is 42.0 Å². The minimum atomic E-state index is -0.0381. The first-order chi connectivity index (χ1) is 7.12. The second-order valence-electron chi connectivity index (χ2n) is 4.50. The maximum atomic E-state index is 11.4. The zero-order chi connectivity index (χ0) is 10.9. The van der Waals surface area contributed by atoms with Crippen LogP contribution in [-0.2, 0) is 11.2 Å². The number of amides is 1. The molecule has 2 rings (SSSR count). The summed E-state index contributed by atoms with van der Waals surface area (Å²) in [6.45, 7) is 4.35. The lowest BCUT2D eigenvalue weighted by molar-refractivity contribution is -0.120. The number of hydrogen-bond donors (Lipinski definition) is 1. The molecule has 1 unspecified atom stereocenters. The molecule has 0 aromatic carbocycles. The highest BCUT2D eigenvalue weighted by Gasteiger charge is 2.40. The summed E-state index contributed by atoms with van der Waals surface area (Å²) in [6, 6.07) is 0. The molecular formula is C11H16N2OS. The Bertz CT molecular complexity index is 347. The van der Waals surface area contributed by atoms with Crippen molar-refractivity contribution in [1.29, 1.82) is 0 Å². The predicted molar refractivity (Wildman–Crippen MR) is 60.8 cm³/mol. The molecule has 0 spiro atoms. The van der Waals surface area contributed by atoms with Crippen molar-refractivity contribution in [3.63, 3.8) is 0 Å². The normalized spacial score (nSPS) is 25.9. The van der Waals surface area contributed by atoms with Gasteiger partial charge in [-0.25, -0.2) is 0 Å². The van der Waals surface area contributed by atoms with E-state index in [9.17, 15) is 4.79 Å². The molecule has 1 atom stereocenters. The van der Waals surface area contributed by atoms with E-state index < -0.39 is 0 Å². The smallest absolute Gasteiger partial charge is 0.220 e. The highest BCUT2D eigenvalue weighted by Crippen LogP contribution is 2.32. The summed E-state index contributed by atoms with van der Waals surface area (Å²) in [5, 5.41) is 3.15. The third kappa shape index (κ3) is 2.04. The molecule has 82 valence electrons. The highest BCUT2D eigenvalue weighted by molar-refractivity contribution is 7.09. The van der Waals surface area contributed by atoms with Gasteiger partial charge in [-0.1, -0.05) is 13.8 Å². The molecule has 2 heterocycles. The van der Waals surface area contributed by atoms with Crippen LogP contribution in [0.4, 0.5) is 0 Å². The molecule has 1 aromatic heterocycles. The van der Waals surface area contributed by atoms with Crippen molar-refractivity contribution >= 4 is 17.2 Å². The highest BCUT2D eigenvalue weighted by atomic mass is 32.1. The van der Waals surface area contributed by atoms with Crippen LogP contribution in [0.2, 0.25) is 0 Å². The number of aromatic nitrogens is 1. The van der Waals surface area contributed by atoms with Crippen LogP contribution in [0.1, 0.15) is 31.6 Å².